The summed E-state index contributed by atoms with van der Waals surface area (Å²) in [6.45, 7) is 5.15. The molecule has 5 heteroatoms. The van der Waals surface area contributed by atoms with Gasteiger partial charge in [-0.3, -0.25) is 4.79 Å². The van der Waals surface area contributed by atoms with Gasteiger partial charge < -0.3 is 10.2 Å². The van der Waals surface area contributed by atoms with Crippen LogP contribution in [0.5, 0.6) is 0 Å². The third kappa shape index (κ3) is 4.05. The van der Waals surface area contributed by atoms with Crippen molar-refractivity contribution in [3.05, 3.63) is 44.3 Å². The molecule has 1 amide bonds. The molecule has 1 N–H and O–H groups in total. The summed E-state index contributed by atoms with van der Waals surface area (Å²) >= 11 is 3.58. The maximum absolute atomic E-state index is 13.1. The summed E-state index contributed by atoms with van der Waals surface area (Å²) in [5, 5.41) is 7.77. The second-order valence-corrected chi connectivity index (χ2v) is 10.0. The molecule has 1 atom stereocenters. The largest absolute Gasteiger partial charge is 0.335 e. The van der Waals surface area contributed by atoms with Crippen molar-refractivity contribution in [1.29, 1.82) is 0 Å². The molecule has 2 aliphatic rings. The Kier molecular flexibility index (Phi) is 5.48. The predicted octanol–water partition coefficient (Wildman–Crippen LogP) is 4.61. The number of thiophene rings is 2. The number of aryl methyl sites for hydroxylation is 2. The molecule has 26 heavy (non-hydrogen) atoms. The van der Waals surface area contributed by atoms with E-state index < -0.39 is 0 Å². The molecule has 0 bridgehead atoms. The van der Waals surface area contributed by atoms with Crippen LogP contribution in [0.4, 0.5) is 0 Å². The van der Waals surface area contributed by atoms with Crippen molar-refractivity contribution < 1.29 is 4.79 Å². The summed E-state index contributed by atoms with van der Waals surface area (Å²) in [5.41, 5.74) is 1.69. The van der Waals surface area contributed by atoms with Gasteiger partial charge in [0.15, 0.2) is 0 Å². The standard InChI is InChI=1S/C21H28N2OS2/c1-16-5-6-18(26-16)3-2-4-20(24)23(14-17-7-12-25-15-17)19-13-21(19)8-10-22-11-9-21/h5-7,12,15,19,22H,2-4,8-11,13-14H2,1H3. The van der Waals surface area contributed by atoms with E-state index >= 15 is 0 Å². The fourth-order valence-corrected chi connectivity index (χ4v) is 5.95. The number of piperidine rings is 1. The molecular weight excluding hydrogens is 360 g/mol. The van der Waals surface area contributed by atoms with Crippen molar-refractivity contribution >= 4 is 28.6 Å². The Labute approximate surface area is 164 Å². The summed E-state index contributed by atoms with van der Waals surface area (Å²) in [6, 6.07) is 7.01. The first-order valence-electron chi connectivity index (χ1n) is 9.73. The smallest absolute Gasteiger partial charge is 0.223 e. The maximum atomic E-state index is 13.1. The lowest BCUT2D eigenvalue weighted by Crippen LogP contribution is -2.39. The van der Waals surface area contributed by atoms with Crippen molar-refractivity contribution in [3.8, 4) is 0 Å². The topological polar surface area (TPSA) is 32.3 Å². The molecule has 1 saturated carbocycles. The minimum atomic E-state index is 0.352. The van der Waals surface area contributed by atoms with Crippen LogP contribution < -0.4 is 5.32 Å². The molecule has 1 aliphatic heterocycles. The van der Waals surface area contributed by atoms with Gasteiger partial charge in [-0.15, -0.1) is 11.3 Å². The van der Waals surface area contributed by atoms with E-state index in [9.17, 15) is 4.79 Å². The quantitative estimate of drug-likeness (QED) is 0.751. The van der Waals surface area contributed by atoms with Crippen LogP contribution in [0.2, 0.25) is 0 Å². The Hall–Kier alpha value is -1.17. The number of carbonyl (C=O) groups is 1. The van der Waals surface area contributed by atoms with Crippen LogP contribution in [0.25, 0.3) is 0 Å². The molecule has 0 aromatic carbocycles. The summed E-state index contributed by atoms with van der Waals surface area (Å²) in [5.74, 6) is 0.352. The summed E-state index contributed by atoms with van der Waals surface area (Å²) in [4.78, 5) is 18.1. The van der Waals surface area contributed by atoms with Gasteiger partial charge in [0, 0.05) is 28.8 Å². The number of amides is 1. The van der Waals surface area contributed by atoms with Crippen molar-refractivity contribution in [2.24, 2.45) is 5.41 Å². The SMILES string of the molecule is Cc1ccc(CCCC(=O)N(Cc2ccsc2)C2CC23CCNCC3)s1. The monoisotopic (exact) mass is 388 g/mol. The Morgan fingerprint density at radius 1 is 1.31 bits per heavy atom. The summed E-state index contributed by atoms with van der Waals surface area (Å²) in [7, 11) is 0. The van der Waals surface area contributed by atoms with Crippen LogP contribution in [-0.4, -0.2) is 29.9 Å². The molecule has 1 spiro atoms. The van der Waals surface area contributed by atoms with E-state index in [0.717, 1.165) is 32.5 Å². The van der Waals surface area contributed by atoms with Gasteiger partial charge in [-0.05, 0) is 92.1 Å². The number of hydrogen-bond acceptors (Lipinski definition) is 4. The van der Waals surface area contributed by atoms with E-state index in [4.69, 9.17) is 0 Å². The van der Waals surface area contributed by atoms with Crippen molar-refractivity contribution in [2.45, 2.75) is 58.0 Å². The molecule has 2 aromatic heterocycles. The zero-order valence-electron chi connectivity index (χ0n) is 15.5. The van der Waals surface area contributed by atoms with E-state index in [2.05, 4.69) is 46.1 Å². The van der Waals surface area contributed by atoms with Crippen LogP contribution in [0.15, 0.2) is 29.0 Å². The van der Waals surface area contributed by atoms with Crippen molar-refractivity contribution in [1.82, 2.24) is 10.2 Å². The van der Waals surface area contributed by atoms with Gasteiger partial charge >= 0.3 is 0 Å². The maximum Gasteiger partial charge on any atom is 0.223 e. The zero-order valence-corrected chi connectivity index (χ0v) is 17.1. The predicted molar refractivity (Wildman–Crippen MR) is 110 cm³/mol. The van der Waals surface area contributed by atoms with Crippen LogP contribution in [0.3, 0.4) is 0 Å². The van der Waals surface area contributed by atoms with Gasteiger partial charge in [-0.1, -0.05) is 0 Å². The zero-order chi connectivity index (χ0) is 18.0. The highest BCUT2D eigenvalue weighted by Crippen LogP contribution is 2.56. The first kappa shape index (κ1) is 18.2. The normalized spacial score (nSPS) is 21.0. The number of carbonyl (C=O) groups excluding carboxylic acids is 1. The molecule has 0 radical (unpaired) electrons. The van der Waals surface area contributed by atoms with Crippen molar-refractivity contribution in [2.75, 3.05) is 13.1 Å². The molecule has 4 rings (SSSR count). The molecule has 140 valence electrons. The molecular formula is C21H28N2OS2. The van der Waals surface area contributed by atoms with Crippen LogP contribution in [0.1, 0.15) is 47.4 Å². The fourth-order valence-electron chi connectivity index (χ4n) is 4.36. The van der Waals surface area contributed by atoms with Gasteiger partial charge in [0.2, 0.25) is 5.91 Å². The fraction of sp³-hybridized carbons (Fsp3) is 0.571. The van der Waals surface area contributed by atoms with E-state index in [-0.39, 0.29) is 0 Å². The van der Waals surface area contributed by atoms with E-state index in [0.29, 0.717) is 23.8 Å². The van der Waals surface area contributed by atoms with Gasteiger partial charge in [0.1, 0.15) is 0 Å². The molecule has 3 nitrogen and oxygen atoms in total. The van der Waals surface area contributed by atoms with E-state index in [1.807, 2.05) is 11.3 Å². The lowest BCUT2D eigenvalue weighted by atomic mass is 9.93. The summed E-state index contributed by atoms with van der Waals surface area (Å²) in [6.07, 6.45) is 6.30. The van der Waals surface area contributed by atoms with Gasteiger partial charge in [0.05, 0.1) is 0 Å². The average Bonchev–Trinajstić information content (AvgIpc) is 3.01. The van der Waals surface area contributed by atoms with Crippen LogP contribution >= 0.6 is 22.7 Å². The second-order valence-electron chi connectivity index (χ2n) is 7.85. The number of nitrogens with one attached hydrogen (secondary N) is 1. The number of hydrogen-bond donors (Lipinski definition) is 1. The molecule has 2 aromatic rings. The van der Waals surface area contributed by atoms with Gasteiger partial charge in [-0.25, -0.2) is 0 Å². The van der Waals surface area contributed by atoms with Crippen LogP contribution in [-0.2, 0) is 17.8 Å². The van der Waals surface area contributed by atoms with Gasteiger partial charge in [0.25, 0.3) is 0 Å². The van der Waals surface area contributed by atoms with Gasteiger partial charge in [-0.2, -0.15) is 11.3 Å². The third-order valence-corrected chi connectivity index (χ3v) is 7.78. The molecule has 3 heterocycles. The average molecular weight is 389 g/mol. The van der Waals surface area contributed by atoms with E-state index in [1.165, 1.54) is 34.6 Å². The minimum absolute atomic E-state index is 0.352. The second kappa shape index (κ2) is 7.83. The Balaban J connectivity index is 1.38. The lowest BCUT2D eigenvalue weighted by molar-refractivity contribution is -0.133. The third-order valence-electron chi connectivity index (χ3n) is 5.99. The summed E-state index contributed by atoms with van der Waals surface area (Å²) < 4.78 is 0. The molecule has 2 fully saturated rings. The Morgan fingerprint density at radius 3 is 2.85 bits per heavy atom. The van der Waals surface area contributed by atoms with Crippen LogP contribution in [0, 0.1) is 12.3 Å². The highest BCUT2D eigenvalue weighted by atomic mass is 32.1. The first-order chi connectivity index (χ1) is 12.7. The Morgan fingerprint density at radius 2 is 2.15 bits per heavy atom. The molecule has 1 aliphatic carbocycles. The molecule has 1 saturated heterocycles. The molecule has 1 unspecified atom stereocenters. The lowest BCUT2D eigenvalue weighted by Gasteiger charge is -2.29. The highest BCUT2D eigenvalue weighted by Gasteiger charge is 2.57. The number of rotatable bonds is 7. The highest BCUT2D eigenvalue weighted by molar-refractivity contribution is 7.11. The minimum Gasteiger partial charge on any atom is -0.335 e. The number of nitrogens with zero attached hydrogens (tertiary/aromatic N) is 1. The van der Waals surface area contributed by atoms with Crippen molar-refractivity contribution in [3.63, 3.8) is 0 Å². The Bertz CT molecular complexity index is 731. The first-order valence-corrected chi connectivity index (χ1v) is 11.5. The van der Waals surface area contributed by atoms with E-state index in [1.54, 1.807) is 11.3 Å².